The van der Waals surface area contributed by atoms with Gasteiger partial charge in [0.1, 0.15) is 11.2 Å². The summed E-state index contributed by atoms with van der Waals surface area (Å²) in [5.74, 6) is 0. The summed E-state index contributed by atoms with van der Waals surface area (Å²) in [5.41, 5.74) is 4.33. The maximum atomic E-state index is 11.1. The van der Waals surface area contributed by atoms with Crippen molar-refractivity contribution in [3.8, 4) is 0 Å². The van der Waals surface area contributed by atoms with Gasteiger partial charge >= 0.3 is 0 Å². The van der Waals surface area contributed by atoms with Gasteiger partial charge in [-0.1, -0.05) is 13.0 Å². The summed E-state index contributed by atoms with van der Waals surface area (Å²) >= 11 is 0. The zero-order valence-corrected chi connectivity index (χ0v) is 15.4. The Morgan fingerprint density at radius 1 is 1.32 bits per heavy atom. The van der Waals surface area contributed by atoms with Crippen molar-refractivity contribution in [3.63, 3.8) is 0 Å². The average molecular weight is 338 g/mol. The standard InChI is InChI=1S/C20H26N4O/c1-5-18-17(12-21-4)16-9-14(2)10-23-19(16)24(18)13-20(3,25)15-7-6-8-22-11-15/h6-11,21,25H,5,12-13H2,1-4H3. The molecule has 0 aliphatic rings. The van der Waals surface area contributed by atoms with Crippen molar-refractivity contribution in [3.05, 3.63) is 59.2 Å². The quantitative estimate of drug-likeness (QED) is 0.725. The van der Waals surface area contributed by atoms with Crippen LogP contribution >= 0.6 is 0 Å². The fourth-order valence-corrected chi connectivity index (χ4v) is 3.47. The first-order valence-corrected chi connectivity index (χ1v) is 8.72. The molecule has 0 bridgehead atoms. The van der Waals surface area contributed by atoms with Crippen LogP contribution < -0.4 is 5.32 Å². The normalized spacial score (nSPS) is 14.0. The van der Waals surface area contributed by atoms with E-state index in [2.05, 4.69) is 39.8 Å². The molecule has 0 aromatic carbocycles. The Morgan fingerprint density at radius 2 is 2.12 bits per heavy atom. The number of aromatic nitrogens is 3. The van der Waals surface area contributed by atoms with E-state index in [0.717, 1.165) is 35.1 Å². The molecule has 3 heterocycles. The molecular weight excluding hydrogens is 312 g/mol. The maximum Gasteiger partial charge on any atom is 0.140 e. The Hall–Kier alpha value is -2.24. The van der Waals surface area contributed by atoms with E-state index in [1.807, 2.05) is 32.3 Å². The van der Waals surface area contributed by atoms with E-state index in [9.17, 15) is 5.11 Å². The summed E-state index contributed by atoms with van der Waals surface area (Å²) in [6, 6.07) is 5.95. The molecule has 25 heavy (non-hydrogen) atoms. The summed E-state index contributed by atoms with van der Waals surface area (Å²) in [7, 11) is 1.96. The number of nitrogens with zero attached hydrogens (tertiary/aromatic N) is 3. The SMILES string of the molecule is CCc1c(CNC)c2cc(C)cnc2n1CC(C)(O)c1cccnc1. The highest BCUT2D eigenvalue weighted by atomic mass is 16.3. The second-order valence-electron chi connectivity index (χ2n) is 6.79. The highest BCUT2D eigenvalue weighted by Crippen LogP contribution is 2.30. The third-order valence-electron chi connectivity index (χ3n) is 4.70. The van der Waals surface area contributed by atoms with E-state index in [1.54, 1.807) is 12.4 Å². The Labute approximate surface area is 148 Å². The van der Waals surface area contributed by atoms with Crippen molar-refractivity contribution in [1.29, 1.82) is 0 Å². The van der Waals surface area contributed by atoms with E-state index in [1.165, 1.54) is 11.3 Å². The van der Waals surface area contributed by atoms with Gasteiger partial charge in [0.05, 0.1) is 6.54 Å². The lowest BCUT2D eigenvalue weighted by Gasteiger charge is -2.25. The van der Waals surface area contributed by atoms with Gasteiger partial charge in [-0.15, -0.1) is 0 Å². The highest BCUT2D eigenvalue weighted by molar-refractivity contribution is 5.83. The second kappa shape index (κ2) is 6.94. The average Bonchev–Trinajstić information content (AvgIpc) is 2.88. The summed E-state index contributed by atoms with van der Waals surface area (Å²) in [4.78, 5) is 8.83. The minimum Gasteiger partial charge on any atom is -0.384 e. The molecule has 0 fully saturated rings. The van der Waals surface area contributed by atoms with Crippen molar-refractivity contribution in [2.24, 2.45) is 0 Å². The largest absolute Gasteiger partial charge is 0.384 e. The molecule has 5 heteroatoms. The molecule has 2 N–H and O–H groups in total. The molecule has 3 aromatic rings. The molecule has 0 aliphatic carbocycles. The summed E-state index contributed by atoms with van der Waals surface area (Å²) in [5, 5.41) is 15.5. The molecule has 0 amide bonds. The lowest BCUT2D eigenvalue weighted by Crippen LogP contribution is -2.29. The second-order valence-corrected chi connectivity index (χ2v) is 6.79. The van der Waals surface area contributed by atoms with Gasteiger partial charge in [0.15, 0.2) is 0 Å². The molecule has 0 radical (unpaired) electrons. The Bertz CT molecular complexity index is 868. The molecule has 0 aliphatic heterocycles. The van der Waals surface area contributed by atoms with Gasteiger partial charge < -0.3 is 15.0 Å². The lowest BCUT2D eigenvalue weighted by atomic mass is 9.97. The molecule has 1 unspecified atom stereocenters. The number of hydrogen-bond donors (Lipinski definition) is 2. The Balaban J connectivity index is 2.15. The predicted octanol–water partition coefficient (Wildman–Crippen LogP) is 2.93. The zero-order valence-electron chi connectivity index (χ0n) is 15.4. The van der Waals surface area contributed by atoms with Gasteiger partial charge in [0, 0.05) is 41.8 Å². The van der Waals surface area contributed by atoms with Gasteiger partial charge in [-0.3, -0.25) is 4.98 Å². The number of aryl methyl sites for hydroxylation is 1. The number of rotatable bonds is 6. The van der Waals surface area contributed by atoms with Crippen molar-refractivity contribution in [1.82, 2.24) is 19.9 Å². The number of fused-ring (bicyclic) bond motifs is 1. The molecule has 0 saturated carbocycles. The first-order valence-electron chi connectivity index (χ1n) is 8.72. The van der Waals surface area contributed by atoms with Gasteiger partial charge in [0.2, 0.25) is 0 Å². The summed E-state index contributed by atoms with van der Waals surface area (Å²) in [6.45, 7) is 7.27. The first-order chi connectivity index (χ1) is 12.0. The van der Waals surface area contributed by atoms with Crippen LogP contribution in [0.2, 0.25) is 0 Å². The maximum absolute atomic E-state index is 11.1. The van der Waals surface area contributed by atoms with Crippen LogP contribution in [0, 0.1) is 6.92 Å². The third-order valence-corrected chi connectivity index (χ3v) is 4.70. The number of nitrogens with one attached hydrogen (secondary N) is 1. The van der Waals surface area contributed by atoms with E-state index in [4.69, 9.17) is 0 Å². The van der Waals surface area contributed by atoms with Crippen LogP contribution in [0.15, 0.2) is 36.8 Å². The van der Waals surface area contributed by atoms with Crippen LogP contribution in [0.4, 0.5) is 0 Å². The Morgan fingerprint density at radius 3 is 2.76 bits per heavy atom. The molecule has 0 spiro atoms. The molecule has 0 saturated heterocycles. The summed E-state index contributed by atoms with van der Waals surface area (Å²) in [6.07, 6.45) is 6.22. The smallest absolute Gasteiger partial charge is 0.140 e. The van der Waals surface area contributed by atoms with Crippen molar-refractivity contribution in [2.75, 3.05) is 7.05 Å². The number of hydrogen-bond acceptors (Lipinski definition) is 4. The van der Waals surface area contributed by atoms with E-state index in [-0.39, 0.29) is 0 Å². The third kappa shape index (κ3) is 3.30. The molecular formula is C20H26N4O. The van der Waals surface area contributed by atoms with Crippen molar-refractivity contribution >= 4 is 11.0 Å². The lowest BCUT2D eigenvalue weighted by molar-refractivity contribution is 0.0383. The van der Waals surface area contributed by atoms with Crippen LogP contribution in [-0.2, 0) is 25.1 Å². The predicted molar refractivity (Wildman–Crippen MR) is 100 cm³/mol. The fraction of sp³-hybridized carbons (Fsp3) is 0.400. The van der Waals surface area contributed by atoms with Gasteiger partial charge in [0.25, 0.3) is 0 Å². The van der Waals surface area contributed by atoms with Gasteiger partial charge in [-0.2, -0.15) is 0 Å². The molecule has 5 nitrogen and oxygen atoms in total. The minimum absolute atomic E-state index is 0.443. The zero-order chi connectivity index (χ0) is 18.0. The van der Waals surface area contributed by atoms with Crippen LogP contribution in [0.3, 0.4) is 0 Å². The van der Waals surface area contributed by atoms with Crippen LogP contribution in [0.5, 0.6) is 0 Å². The minimum atomic E-state index is -1.02. The molecule has 3 rings (SSSR count). The molecule has 132 valence electrons. The van der Waals surface area contributed by atoms with Crippen LogP contribution in [0.25, 0.3) is 11.0 Å². The molecule has 1 atom stereocenters. The van der Waals surface area contributed by atoms with Crippen molar-refractivity contribution in [2.45, 2.75) is 45.9 Å². The highest BCUT2D eigenvalue weighted by Gasteiger charge is 2.27. The van der Waals surface area contributed by atoms with E-state index >= 15 is 0 Å². The van der Waals surface area contributed by atoms with Crippen LogP contribution in [0.1, 0.15) is 36.2 Å². The fourth-order valence-electron chi connectivity index (χ4n) is 3.47. The van der Waals surface area contributed by atoms with E-state index < -0.39 is 5.60 Å². The number of aliphatic hydroxyl groups is 1. The monoisotopic (exact) mass is 338 g/mol. The Kier molecular flexibility index (Phi) is 4.88. The number of pyridine rings is 2. The van der Waals surface area contributed by atoms with E-state index in [0.29, 0.717) is 6.54 Å². The topological polar surface area (TPSA) is 63.0 Å². The van der Waals surface area contributed by atoms with Crippen LogP contribution in [-0.4, -0.2) is 26.7 Å². The van der Waals surface area contributed by atoms with Crippen molar-refractivity contribution < 1.29 is 5.11 Å². The van der Waals surface area contributed by atoms with Gasteiger partial charge in [-0.25, -0.2) is 4.98 Å². The van der Waals surface area contributed by atoms with Gasteiger partial charge in [-0.05, 0) is 50.6 Å². The summed E-state index contributed by atoms with van der Waals surface area (Å²) < 4.78 is 2.16. The molecule has 3 aromatic heterocycles. The first kappa shape index (κ1) is 17.6.